The van der Waals surface area contributed by atoms with Crippen molar-refractivity contribution in [3.63, 3.8) is 0 Å². The van der Waals surface area contributed by atoms with Gasteiger partial charge in [-0.05, 0) is 13.0 Å². The molecule has 0 bridgehead atoms. The second-order valence-electron chi connectivity index (χ2n) is 3.61. The molecular weight excluding hydrogens is 222 g/mol. The van der Waals surface area contributed by atoms with Crippen LogP contribution in [-0.4, -0.2) is 31.2 Å². The third-order valence-electron chi connectivity index (χ3n) is 2.50. The lowest BCUT2D eigenvalue weighted by atomic mass is 10.2. The highest BCUT2D eigenvalue weighted by Crippen LogP contribution is 2.17. The molecule has 0 aliphatic heterocycles. The third-order valence-corrected chi connectivity index (χ3v) is 2.50. The minimum atomic E-state index is -1.11. The van der Waals surface area contributed by atoms with Crippen LogP contribution in [0.2, 0.25) is 0 Å². The van der Waals surface area contributed by atoms with Crippen LogP contribution in [0.5, 0.6) is 5.75 Å². The first kappa shape index (κ1) is 11.1. The highest BCUT2D eigenvalue weighted by Gasteiger charge is 2.15. The second kappa shape index (κ2) is 4.25. The summed E-state index contributed by atoms with van der Waals surface area (Å²) < 4.78 is 1.44. The zero-order chi connectivity index (χ0) is 12.4. The quantitative estimate of drug-likeness (QED) is 0.826. The Morgan fingerprint density at radius 3 is 2.71 bits per heavy atom. The first-order valence-corrected chi connectivity index (χ1v) is 5.00. The summed E-state index contributed by atoms with van der Waals surface area (Å²) in [6.45, 7) is 1.92. The first-order valence-electron chi connectivity index (χ1n) is 5.00. The fourth-order valence-corrected chi connectivity index (χ4v) is 1.51. The highest BCUT2D eigenvalue weighted by molar-refractivity contribution is 5.86. The molecule has 6 nitrogen and oxygen atoms in total. The predicted octanol–water partition coefficient (Wildman–Crippen LogP) is 1.04. The summed E-state index contributed by atoms with van der Waals surface area (Å²) in [5.74, 6) is -0.953. The molecule has 0 amide bonds. The van der Waals surface area contributed by atoms with Gasteiger partial charge in [0.25, 0.3) is 0 Å². The smallest absolute Gasteiger partial charge is 0.358 e. The summed E-state index contributed by atoms with van der Waals surface area (Å²) in [5, 5.41) is 25.8. The van der Waals surface area contributed by atoms with Crippen LogP contribution < -0.4 is 0 Å². The number of phenolic OH excluding ortho intramolecular Hbond substituents is 1. The van der Waals surface area contributed by atoms with Crippen LogP contribution in [0.1, 0.15) is 21.7 Å². The van der Waals surface area contributed by atoms with Crippen LogP contribution in [0.4, 0.5) is 0 Å². The van der Waals surface area contributed by atoms with Gasteiger partial charge in [0.15, 0.2) is 5.69 Å². The maximum Gasteiger partial charge on any atom is 0.358 e. The molecule has 0 atom stereocenters. The summed E-state index contributed by atoms with van der Waals surface area (Å²) >= 11 is 0. The molecule has 17 heavy (non-hydrogen) atoms. The number of benzene rings is 1. The number of para-hydroxylation sites is 1. The van der Waals surface area contributed by atoms with Crippen LogP contribution in [0.3, 0.4) is 0 Å². The number of aromatic hydroxyl groups is 1. The minimum Gasteiger partial charge on any atom is -0.508 e. The van der Waals surface area contributed by atoms with Gasteiger partial charge in [0.1, 0.15) is 5.75 Å². The molecular formula is C11H11N3O3. The molecule has 0 radical (unpaired) electrons. The average molecular weight is 233 g/mol. The van der Waals surface area contributed by atoms with Crippen LogP contribution >= 0.6 is 0 Å². The number of hydrogen-bond donors (Lipinski definition) is 2. The molecule has 2 aromatic rings. The molecule has 0 aliphatic carbocycles. The van der Waals surface area contributed by atoms with E-state index in [0.29, 0.717) is 17.8 Å². The molecule has 88 valence electrons. The van der Waals surface area contributed by atoms with Gasteiger partial charge in [0.2, 0.25) is 0 Å². The van der Waals surface area contributed by atoms with Crippen molar-refractivity contribution in [1.82, 2.24) is 15.0 Å². The van der Waals surface area contributed by atoms with E-state index in [-0.39, 0.29) is 11.4 Å². The molecule has 1 aromatic heterocycles. The van der Waals surface area contributed by atoms with Gasteiger partial charge in [0, 0.05) is 5.56 Å². The Morgan fingerprint density at radius 2 is 2.12 bits per heavy atom. The Labute approximate surface area is 97.1 Å². The molecule has 1 heterocycles. The SMILES string of the molecule is Cc1c(C(=O)O)nnn1Cc1ccccc1O. The minimum absolute atomic E-state index is 0.0691. The Hall–Kier alpha value is -2.37. The number of hydrogen-bond acceptors (Lipinski definition) is 4. The zero-order valence-corrected chi connectivity index (χ0v) is 9.16. The fraction of sp³-hybridized carbons (Fsp3) is 0.182. The number of carbonyl (C=O) groups is 1. The number of aromatic nitrogens is 3. The number of rotatable bonds is 3. The van der Waals surface area contributed by atoms with Crippen molar-refractivity contribution < 1.29 is 15.0 Å². The van der Waals surface area contributed by atoms with Gasteiger partial charge < -0.3 is 10.2 Å². The topological polar surface area (TPSA) is 88.2 Å². The van der Waals surface area contributed by atoms with E-state index in [1.54, 1.807) is 31.2 Å². The summed E-state index contributed by atoms with van der Waals surface area (Å²) in [6.07, 6.45) is 0. The van der Waals surface area contributed by atoms with Gasteiger partial charge in [-0.25, -0.2) is 9.48 Å². The third kappa shape index (κ3) is 2.10. The summed E-state index contributed by atoms with van der Waals surface area (Å²) in [5.41, 5.74) is 1.05. The average Bonchev–Trinajstić information content (AvgIpc) is 2.64. The van der Waals surface area contributed by atoms with Gasteiger partial charge in [0.05, 0.1) is 12.2 Å². The van der Waals surface area contributed by atoms with Gasteiger partial charge in [-0.3, -0.25) is 0 Å². The van der Waals surface area contributed by atoms with E-state index in [2.05, 4.69) is 10.3 Å². The molecule has 0 aliphatic rings. The highest BCUT2D eigenvalue weighted by atomic mass is 16.4. The molecule has 2 N–H and O–H groups in total. The molecule has 0 fully saturated rings. The van der Waals surface area contributed by atoms with E-state index >= 15 is 0 Å². The molecule has 0 spiro atoms. The van der Waals surface area contributed by atoms with Gasteiger partial charge in [-0.2, -0.15) is 0 Å². The van der Waals surface area contributed by atoms with Crippen LogP contribution in [0.15, 0.2) is 24.3 Å². The lowest BCUT2D eigenvalue weighted by Gasteiger charge is -2.05. The number of aromatic carboxylic acids is 1. The number of nitrogens with zero attached hydrogens (tertiary/aromatic N) is 3. The number of phenols is 1. The van der Waals surface area contributed by atoms with Crippen molar-refractivity contribution in [3.05, 3.63) is 41.2 Å². The summed E-state index contributed by atoms with van der Waals surface area (Å²) in [7, 11) is 0. The van der Waals surface area contributed by atoms with Crippen molar-refractivity contribution >= 4 is 5.97 Å². The standard InChI is InChI=1S/C11H11N3O3/c1-7-10(11(16)17)12-13-14(7)6-8-4-2-3-5-9(8)15/h2-5,15H,6H2,1H3,(H,16,17). The van der Waals surface area contributed by atoms with Crippen molar-refractivity contribution in [3.8, 4) is 5.75 Å². The van der Waals surface area contributed by atoms with Crippen molar-refractivity contribution in [2.75, 3.05) is 0 Å². The van der Waals surface area contributed by atoms with Crippen molar-refractivity contribution in [1.29, 1.82) is 0 Å². The van der Waals surface area contributed by atoms with E-state index in [9.17, 15) is 9.90 Å². The van der Waals surface area contributed by atoms with E-state index in [1.165, 1.54) is 4.68 Å². The molecule has 0 saturated carbocycles. The second-order valence-corrected chi connectivity index (χ2v) is 3.61. The van der Waals surface area contributed by atoms with Crippen molar-refractivity contribution in [2.24, 2.45) is 0 Å². The van der Waals surface area contributed by atoms with E-state index < -0.39 is 5.97 Å². The van der Waals surface area contributed by atoms with Crippen molar-refractivity contribution in [2.45, 2.75) is 13.5 Å². The van der Waals surface area contributed by atoms with Gasteiger partial charge >= 0.3 is 5.97 Å². The monoisotopic (exact) mass is 233 g/mol. The van der Waals surface area contributed by atoms with Gasteiger partial charge in [-0.1, -0.05) is 23.4 Å². The molecule has 0 saturated heterocycles. The van der Waals surface area contributed by atoms with Crippen LogP contribution in [0.25, 0.3) is 0 Å². The Kier molecular flexibility index (Phi) is 2.78. The van der Waals surface area contributed by atoms with E-state index in [4.69, 9.17) is 5.11 Å². The molecule has 2 rings (SSSR count). The van der Waals surface area contributed by atoms with E-state index in [1.807, 2.05) is 0 Å². The number of carboxylic acid groups (broad SMARTS) is 1. The Bertz CT molecular complexity index is 563. The van der Waals surface area contributed by atoms with Crippen LogP contribution in [0, 0.1) is 6.92 Å². The zero-order valence-electron chi connectivity index (χ0n) is 9.16. The van der Waals surface area contributed by atoms with Crippen LogP contribution in [-0.2, 0) is 6.54 Å². The normalized spacial score (nSPS) is 10.4. The predicted molar refractivity (Wildman–Crippen MR) is 58.9 cm³/mol. The Balaban J connectivity index is 2.31. The maximum absolute atomic E-state index is 10.8. The Morgan fingerprint density at radius 1 is 1.41 bits per heavy atom. The molecule has 1 aromatic carbocycles. The maximum atomic E-state index is 10.8. The summed E-state index contributed by atoms with van der Waals surface area (Å²) in [4.78, 5) is 10.8. The van der Waals surface area contributed by atoms with Gasteiger partial charge in [-0.15, -0.1) is 5.10 Å². The van der Waals surface area contributed by atoms with E-state index in [0.717, 1.165) is 0 Å². The fourth-order valence-electron chi connectivity index (χ4n) is 1.51. The number of carboxylic acids is 1. The molecule has 6 heteroatoms. The first-order chi connectivity index (χ1) is 8.09. The molecule has 0 unspecified atom stereocenters. The lowest BCUT2D eigenvalue weighted by molar-refractivity contribution is 0.0689. The largest absolute Gasteiger partial charge is 0.508 e. The summed E-state index contributed by atoms with van der Waals surface area (Å²) in [6, 6.07) is 6.83. The lowest BCUT2D eigenvalue weighted by Crippen LogP contribution is -2.06.